The normalized spacial score (nSPS) is 21.3. The molecular formula is C18H22BrNO4. The van der Waals surface area contributed by atoms with Crippen LogP contribution in [0.25, 0.3) is 0 Å². The molecule has 1 aromatic rings. The zero-order valence-corrected chi connectivity index (χ0v) is 15.4. The third-order valence-corrected chi connectivity index (χ3v) is 5.47. The number of nitrogens with zero attached hydrogens (tertiary/aromatic N) is 1. The first-order valence-electron chi connectivity index (χ1n) is 8.37. The largest absolute Gasteiger partial charge is 0.496 e. The Bertz CT molecular complexity index is 627. The molecule has 0 radical (unpaired) electrons. The van der Waals surface area contributed by atoms with Crippen LogP contribution in [0.2, 0.25) is 0 Å². The van der Waals surface area contributed by atoms with Crippen molar-refractivity contribution in [1.82, 2.24) is 4.90 Å². The van der Waals surface area contributed by atoms with Crippen molar-refractivity contribution in [2.24, 2.45) is 5.92 Å². The van der Waals surface area contributed by atoms with Gasteiger partial charge >= 0.3 is 5.97 Å². The van der Waals surface area contributed by atoms with E-state index in [4.69, 9.17) is 9.47 Å². The van der Waals surface area contributed by atoms with Gasteiger partial charge in [-0.1, -0.05) is 18.9 Å². The lowest BCUT2D eigenvalue weighted by Crippen LogP contribution is -2.35. The molecule has 2 fully saturated rings. The van der Waals surface area contributed by atoms with Crippen LogP contribution in [0.1, 0.15) is 37.7 Å². The molecule has 1 atom stereocenters. The Morgan fingerprint density at radius 3 is 2.75 bits per heavy atom. The van der Waals surface area contributed by atoms with Crippen molar-refractivity contribution in [2.75, 3.05) is 13.7 Å². The summed E-state index contributed by atoms with van der Waals surface area (Å²) in [5.74, 6) is 0.213. The number of amides is 1. The van der Waals surface area contributed by atoms with Gasteiger partial charge in [0.25, 0.3) is 0 Å². The lowest BCUT2D eigenvalue weighted by molar-refractivity contribution is -0.149. The maximum Gasteiger partial charge on any atom is 0.311 e. The molecule has 3 rings (SSSR count). The minimum atomic E-state index is -0.334. The Balaban J connectivity index is 1.54. The third kappa shape index (κ3) is 3.74. The van der Waals surface area contributed by atoms with E-state index in [1.807, 2.05) is 23.1 Å². The van der Waals surface area contributed by atoms with Crippen molar-refractivity contribution in [3.05, 3.63) is 28.2 Å². The summed E-state index contributed by atoms with van der Waals surface area (Å²) in [4.78, 5) is 26.4. The molecule has 5 nitrogen and oxygen atoms in total. The predicted octanol–water partition coefficient (Wildman–Crippen LogP) is 3.29. The number of halogens is 1. The molecular weight excluding hydrogens is 374 g/mol. The second-order valence-electron chi connectivity index (χ2n) is 6.46. The summed E-state index contributed by atoms with van der Waals surface area (Å²) in [5.41, 5.74) is 0.882. The molecule has 1 heterocycles. The summed E-state index contributed by atoms with van der Waals surface area (Å²) in [7, 11) is 1.60. The second kappa shape index (κ2) is 7.55. The highest BCUT2D eigenvalue weighted by Crippen LogP contribution is 2.30. The van der Waals surface area contributed by atoms with Gasteiger partial charge in [-0.3, -0.25) is 9.59 Å². The summed E-state index contributed by atoms with van der Waals surface area (Å²) in [6.07, 6.45) is 4.76. The molecule has 0 N–H and O–H groups in total. The highest BCUT2D eigenvalue weighted by Gasteiger charge is 2.39. The van der Waals surface area contributed by atoms with E-state index in [2.05, 4.69) is 15.9 Å². The van der Waals surface area contributed by atoms with Crippen LogP contribution >= 0.6 is 15.9 Å². The molecule has 6 heteroatoms. The fraction of sp³-hybridized carbons (Fsp3) is 0.556. The number of likely N-dealkylation sites (tertiary alicyclic amines) is 1. The van der Waals surface area contributed by atoms with E-state index in [0.717, 1.165) is 28.6 Å². The van der Waals surface area contributed by atoms with E-state index in [-0.39, 0.29) is 30.8 Å². The fourth-order valence-electron chi connectivity index (χ4n) is 3.53. The quantitative estimate of drug-likeness (QED) is 0.717. The number of hydrogen-bond acceptors (Lipinski definition) is 4. The van der Waals surface area contributed by atoms with E-state index in [0.29, 0.717) is 12.6 Å². The van der Waals surface area contributed by atoms with Gasteiger partial charge < -0.3 is 14.4 Å². The molecule has 2 aliphatic rings. The van der Waals surface area contributed by atoms with Gasteiger partial charge in [-0.2, -0.15) is 0 Å². The first-order valence-corrected chi connectivity index (χ1v) is 9.16. The molecule has 0 unspecified atom stereocenters. The van der Waals surface area contributed by atoms with Crippen LogP contribution in [0, 0.1) is 5.92 Å². The summed E-state index contributed by atoms with van der Waals surface area (Å²) in [5, 5.41) is 0. The van der Waals surface area contributed by atoms with Gasteiger partial charge in [0.1, 0.15) is 12.4 Å². The standard InChI is InChI=1S/C18H22BrNO4/c1-23-16-7-6-12(8-15(16)19)11-24-18(22)13-9-17(21)20(10-13)14-4-2-3-5-14/h6-8,13-14H,2-5,9-11H2,1H3/t13-/m1/s1. The average molecular weight is 396 g/mol. The van der Waals surface area contributed by atoms with Crippen LogP contribution in [0.4, 0.5) is 0 Å². The SMILES string of the molecule is COc1ccc(COC(=O)[C@@H]2CC(=O)N(C3CCCC3)C2)cc1Br. The van der Waals surface area contributed by atoms with Crippen molar-refractivity contribution in [3.63, 3.8) is 0 Å². The highest BCUT2D eigenvalue weighted by molar-refractivity contribution is 9.10. The number of hydrogen-bond donors (Lipinski definition) is 0. The van der Waals surface area contributed by atoms with Crippen LogP contribution in [-0.2, 0) is 20.9 Å². The van der Waals surface area contributed by atoms with Crippen molar-refractivity contribution in [3.8, 4) is 5.75 Å². The molecule has 1 saturated carbocycles. The number of ether oxygens (including phenoxy) is 2. The van der Waals surface area contributed by atoms with Gasteiger partial charge in [-0.15, -0.1) is 0 Å². The van der Waals surface area contributed by atoms with Crippen LogP contribution in [0.5, 0.6) is 5.75 Å². The van der Waals surface area contributed by atoms with Gasteiger partial charge in [-0.05, 0) is 46.5 Å². The Hall–Kier alpha value is -1.56. The van der Waals surface area contributed by atoms with Crippen LogP contribution in [-0.4, -0.2) is 36.5 Å². The third-order valence-electron chi connectivity index (χ3n) is 4.85. The molecule has 0 bridgehead atoms. The number of benzene rings is 1. The zero-order valence-electron chi connectivity index (χ0n) is 13.8. The maximum atomic E-state index is 12.3. The molecule has 1 aliphatic carbocycles. The van der Waals surface area contributed by atoms with Crippen molar-refractivity contribution < 1.29 is 19.1 Å². The van der Waals surface area contributed by atoms with Gasteiger partial charge in [0, 0.05) is 19.0 Å². The number of rotatable bonds is 5. The van der Waals surface area contributed by atoms with Gasteiger partial charge in [0.15, 0.2) is 0 Å². The van der Waals surface area contributed by atoms with Gasteiger partial charge in [-0.25, -0.2) is 0 Å². The molecule has 130 valence electrons. The lowest BCUT2D eigenvalue weighted by Gasteiger charge is -2.23. The minimum absolute atomic E-state index is 0.0936. The van der Waals surface area contributed by atoms with Crippen LogP contribution < -0.4 is 4.74 Å². The summed E-state index contributed by atoms with van der Waals surface area (Å²) in [6.45, 7) is 0.712. The Morgan fingerprint density at radius 1 is 1.33 bits per heavy atom. The minimum Gasteiger partial charge on any atom is -0.496 e. The molecule has 1 aromatic carbocycles. The van der Waals surface area contributed by atoms with E-state index >= 15 is 0 Å². The smallest absolute Gasteiger partial charge is 0.311 e. The van der Waals surface area contributed by atoms with Crippen molar-refractivity contribution in [2.45, 2.75) is 44.8 Å². The van der Waals surface area contributed by atoms with Gasteiger partial charge in [0.2, 0.25) is 5.91 Å². The monoisotopic (exact) mass is 395 g/mol. The Labute approximate surface area is 150 Å². The first kappa shape index (κ1) is 17.3. The summed E-state index contributed by atoms with van der Waals surface area (Å²) >= 11 is 3.42. The number of methoxy groups -OCH3 is 1. The molecule has 24 heavy (non-hydrogen) atoms. The van der Waals surface area contributed by atoms with Crippen LogP contribution in [0.3, 0.4) is 0 Å². The fourth-order valence-corrected chi connectivity index (χ4v) is 4.12. The summed E-state index contributed by atoms with van der Waals surface area (Å²) < 4.78 is 11.4. The van der Waals surface area contributed by atoms with Gasteiger partial charge in [0.05, 0.1) is 17.5 Å². The Morgan fingerprint density at radius 2 is 2.08 bits per heavy atom. The van der Waals surface area contributed by atoms with E-state index in [1.54, 1.807) is 7.11 Å². The lowest BCUT2D eigenvalue weighted by atomic mass is 10.1. The predicted molar refractivity (Wildman–Crippen MR) is 92.6 cm³/mol. The number of carbonyl (C=O) groups excluding carboxylic acids is 2. The first-order chi connectivity index (χ1) is 11.6. The molecule has 1 amide bonds. The maximum absolute atomic E-state index is 12.3. The number of esters is 1. The van der Waals surface area contributed by atoms with Crippen LogP contribution in [0.15, 0.2) is 22.7 Å². The molecule has 1 saturated heterocycles. The number of carbonyl (C=O) groups is 2. The van der Waals surface area contributed by atoms with E-state index < -0.39 is 0 Å². The average Bonchev–Trinajstić information content (AvgIpc) is 3.22. The topological polar surface area (TPSA) is 55.8 Å². The van der Waals surface area contributed by atoms with Crippen molar-refractivity contribution >= 4 is 27.8 Å². The highest BCUT2D eigenvalue weighted by atomic mass is 79.9. The molecule has 0 aromatic heterocycles. The molecule has 1 aliphatic heterocycles. The Kier molecular flexibility index (Phi) is 5.43. The van der Waals surface area contributed by atoms with E-state index in [1.165, 1.54) is 12.8 Å². The zero-order chi connectivity index (χ0) is 17.1. The second-order valence-corrected chi connectivity index (χ2v) is 7.32. The molecule has 0 spiro atoms. The van der Waals surface area contributed by atoms with Crippen molar-refractivity contribution in [1.29, 1.82) is 0 Å². The van der Waals surface area contributed by atoms with E-state index in [9.17, 15) is 9.59 Å². The summed E-state index contributed by atoms with van der Waals surface area (Å²) in [6, 6.07) is 5.89.